The van der Waals surface area contributed by atoms with Crippen molar-refractivity contribution in [1.29, 1.82) is 0 Å². The molecule has 0 atom stereocenters. The fourth-order valence-corrected chi connectivity index (χ4v) is 2.59. The lowest BCUT2D eigenvalue weighted by Crippen LogP contribution is -2.16. The molecule has 2 N–H and O–H groups in total. The third-order valence-corrected chi connectivity index (χ3v) is 3.89. The lowest BCUT2D eigenvalue weighted by molar-refractivity contribution is 0.102. The Kier molecular flexibility index (Phi) is 5.12. The normalized spacial score (nSPS) is 10.6. The zero-order valence-corrected chi connectivity index (χ0v) is 15.1. The standard InChI is InChI=1S/C20H18F2N4O/c1-11-4-6-16(12(2)8-11)25-20-23-13(3)9-18(26-20)19(27)24-17-7-5-14(21)10-15(17)22/h4-10H,1-3H3,(H,24,27)(H,23,25,26). The van der Waals surface area contributed by atoms with E-state index in [-0.39, 0.29) is 17.3 Å². The zero-order valence-electron chi connectivity index (χ0n) is 15.1. The molecule has 2 aromatic carbocycles. The number of aromatic nitrogens is 2. The van der Waals surface area contributed by atoms with E-state index in [1.165, 1.54) is 6.07 Å². The minimum Gasteiger partial charge on any atom is -0.324 e. The molecular weight excluding hydrogens is 350 g/mol. The minimum absolute atomic E-state index is 0.0680. The Morgan fingerprint density at radius 2 is 1.67 bits per heavy atom. The fraction of sp³-hybridized carbons (Fsp3) is 0.150. The molecular formula is C20H18F2N4O. The van der Waals surface area contributed by atoms with Gasteiger partial charge in [-0.05, 0) is 50.6 Å². The summed E-state index contributed by atoms with van der Waals surface area (Å²) >= 11 is 0. The second-order valence-electron chi connectivity index (χ2n) is 6.24. The van der Waals surface area contributed by atoms with Gasteiger partial charge in [-0.3, -0.25) is 4.79 Å². The van der Waals surface area contributed by atoms with Crippen molar-refractivity contribution in [1.82, 2.24) is 9.97 Å². The van der Waals surface area contributed by atoms with Crippen LogP contribution in [0.1, 0.15) is 27.3 Å². The Morgan fingerprint density at radius 3 is 2.37 bits per heavy atom. The van der Waals surface area contributed by atoms with Crippen LogP contribution in [0.5, 0.6) is 0 Å². The highest BCUT2D eigenvalue weighted by atomic mass is 19.1. The van der Waals surface area contributed by atoms with Crippen LogP contribution in [0.4, 0.5) is 26.1 Å². The molecule has 0 unspecified atom stereocenters. The molecule has 1 heterocycles. The Morgan fingerprint density at radius 1 is 0.926 bits per heavy atom. The van der Waals surface area contributed by atoms with Gasteiger partial charge in [0.2, 0.25) is 5.95 Å². The predicted molar refractivity (Wildman–Crippen MR) is 100 cm³/mol. The topological polar surface area (TPSA) is 66.9 Å². The second kappa shape index (κ2) is 7.49. The molecule has 3 rings (SSSR count). The van der Waals surface area contributed by atoms with Crippen LogP contribution in [-0.4, -0.2) is 15.9 Å². The molecule has 0 fully saturated rings. The van der Waals surface area contributed by atoms with E-state index in [2.05, 4.69) is 20.6 Å². The van der Waals surface area contributed by atoms with Gasteiger partial charge < -0.3 is 10.6 Å². The summed E-state index contributed by atoms with van der Waals surface area (Å²) in [6.45, 7) is 5.68. The van der Waals surface area contributed by atoms with Crippen molar-refractivity contribution in [3.63, 3.8) is 0 Å². The van der Waals surface area contributed by atoms with E-state index in [4.69, 9.17) is 0 Å². The van der Waals surface area contributed by atoms with E-state index in [0.717, 1.165) is 28.9 Å². The van der Waals surface area contributed by atoms with Crippen LogP contribution in [0.3, 0.4) is 0 Å². The first-order valence-electron chi connectivity index (χ1n) is 8.28. The summed E-state index contributed by atoms with van der Waals surface area (Å²) in [6.07, 6.45) is 0. The van der Waals surface area contributed by atoms with Crippen molar-refractivity contribution in [2.75, 3.05) is 10.6 Å². The summed E-state index contributed by atoms with van der Waals surface area (Å²) in [5.74, 6) is -1.94. The summed E-state index contributed by atoms with van der Waals surface area (Å²) in [5.41, 5.74) is 3.48. The largest absolute Gasteiger partial charge is 0.324 e. The molecule has 138 valence electrons. The molecule has 5 nitrogen and oxygen atoms in total. The molecule has 0 spiro atoms. The molecule has 0 bridgehead atoms. The van der Waals surface area contributed by atoms with Crippen molar-refractivity contribution in [3.05, 3.63) is 76.6 Å². The Hall–Kier alpha value is -3.35. The number of halogens is 2. The lowest BCUT2D eigenvalue weighted by Gasteiger charge is -2.11. The van der Waals surface area contributed by atoms with Gasteiger partial charge in [-0.15, -0.1) is 0 Å². The van der Waals surface area contributed by atoms with Crippen LogP contribution in [0.2, 0.25) is 0 Å². The number of amides is 1. The average molecular weight is 368 g/mol. The maximum Gasteiger partial charge on any atom is 0.274 e. The molecule has 0 radical (unpaired) electrons. The number of benzene rings is 2. The van der Waals surface area contributed by atoms with E-state index in [0.29, 0.717) is 11.8 Å². The fourth-order valence-electron chi connectivity index (χ4n) is 2.59. The second-order valence-corrected chi connectivity index (χ2v) is 6.24. The smallest absolute Gasteiger partial charge is 0.274 e. The number of anilines is 3. The van der Waals surface area contributed by atoms with Crippen molar-refractivity contribution >= 4 is 23.2 Å². The van der Waals surface area contributed by atoms with Crippen LogP contribution >= 0.6 is 0 Å². The van der Waals surface area contributed by atoms with E-state index in [1.54, 1.807) is 6.92 Å². The third kappa shape index (κ3) is 4.44. The minimum atomic E-state index is -0.859. The average Bonchev–Trinajstić information content (AvgIpc) is 2.59. The van der Waals surface area contributed by atoms with Gasteiger partial charge in [-0.1, -0.05) is 17.7 Å². The molecule has 0 aliphatic heterocycles. The van der Waals surface area contributed by atoms with E-state index in [1.807, 2.05) is 32.0 Å². The third-order valence-electron chi connectivity index (χ3n) is 3.89. The maximum absolute atomic E-state index is 13.7. The molecule has 1 aromatic heterocycles. The molecule has 7 heteroatoms. The van der Waals surface area contributed by atoms with Crippen LogP contribution in [0.25, 0.3) is 0 Å². The summed E-state index contributed by atoms with van der Waals surface area (Å²) in [4.78, 5) is 20.9. The van der Waals surface area contributed by atoms with Crippen molar-refractivity contribution in [2.45, 2.75) is 20.8 Å². The number of carbonyl (C=O) groups excluding carboxylic acids is 1. The Bertz CT molecular complexity index is 1020. The van der Waals surface area contributed by atoms with Gasteiger partial charge >= 0.3 is 0 Å². The van der Waals surface area contributed by atoms with Gasteiger partial charge in [-0.2, -0.15) is 0 Å². The van der Waals surface area contributed by atoms with Gasteiger partial charge in [0.05, 0.1) is 5.69 Å². The highest BCUT2D eigenvalue weighted by Crippen LogP contribution is 2.20. The summed E-state index contributed by atoms with van der Waals surface area (Å²) in [7, 11) is 0. The van der Waals surface area contributed by atoms with Crippen LogP contribution < -0.4 is 10.6 Å². The maximum atomic E-state index is 13.7. The predicted octanol–water partition coefficient (Wildman–Crippen LogP) is 4.68. The first-order valence-corrected chi connectivity index (χ1v) is 8.28. The van der Waals surface area contributed by atoms with Gasteiger partial charge in [0.1, 0.15) is 17.3 Å². The van der Waals surface area contributed by atoms with Crippen LogP contribution in [0, 0.1) is 32.4 Å². The first kappa shape index (κ1) is 18.4. The molecule has 0 aliphatic carbocycles. The number of hydrogen-bond donors (Lipinski definition) is 2. The molecule has 0 saturated heterocycles. The van der Waals surface area contributed by atoms with Crippen LogP contribution in [-0.2, 0) is 0 Å². The highest BCUT2D eigenvalue weighted by Gasteiger charge is 2.14. The molecule has 0 aliphatic rings. The molecule has 0 saturated carbocycles. The lowest BCUT2D eigenvalue weighted by atomic mass is 10.1. The Balaban J connectivity index is 1.85. The van der Waals surface area contributed by atoms with Crippen LogP contribution in [0.15, 0.2) is 42.5 Å². The van der Waals surface area contributed by atoms with E-state index < -0.39 is 17.5 Å². The van der Waals surface area contributed by atoms with Crippen molar-refractivity contribution in [2.24, 2.45) is 0 Å². The van der Waals surface area contributed by atoms with E-state index >= 15 is 0 Å². The SMILES string of the molecule is Cc1ccc(Nc2nc(C)cc(C(=O)Nc3ccc(F)cc3F)n2)c(C)c1. The quantitative estimate of drug-likeness (QED) is 0.702. The number of nitrogens with one attached hydrogen (secondary N) is 2. The summed E-state index contributed by atoms with van der Waals surface area (Å²) in [5, 5.41) is 5.48. The zero-order chi connectivity index (χ0) is 19.6. The van der Waals surface area contributed by atoms with Gasteiger partial charge in [0, 0.05) is 17.4 Å². The number of hydrogen-bond acceptors (Lipinski definition) is 4. The Labute approximate surface area is 155 Å². The van der Waals surface area contributed by atoms with Gasteiger partial charge in [-0.25, -0.2) is 18.7 Å². The molecule has 1 amide bonds. The number of rotatable bonds is 4. The highest BCUT2D eigenvalue weighted by molar-refractivity contribution is 6.03. The number of aryl methyl sites for hydroxylation is 3. The summed E-state index contributed by atoms with van der Waals surface area (Å²) < 4.78 is 26.7. The van der Waals surface area contributed by atoms with Crippen molar-refractivity contribution in [3.8, 4) is 0 Å². The number of carbonyl (C=O) groups is 1. The first-order chi connectivity index (χ1) is 12.8. The molecule has 27 heavy (non-hydrogen) atoms. The van der Waals surface area contributed by atoms with E-state index in [9.17, 15) is 13.6 Å². The number of nitrogens with zero attached hydrogens (tertiary/aromatic N) is 2. The van der Waals surface area contributed by atoms with Crippen molar-refractivity contribution < 1.29 is 13.6 Å². The summed E-state index contributed by atoms with van der Waals surface area (Å²) in [6, 6.07) is 10.3. The molecule has 3 aromatic rings. The van der Waals surface area contributed by atoms with Gasteiger partial charge in [0.15, 0.2) is 0 Å². The monoisotopic (exact) mass is 368 g/mol. The van der Waals surface area contributed by atoms with Gasteiger partial charge in [0.25, 0.3) is 5.91 Å².